The molecule has 2 aliphatic rings. The number of ether oxygens (including phenoxy) is 9. The largest absolute Gasteiger partial charge is 0.463 e. The van der Waals surface area contributed by atoms with Crippen molar-refractivity contribution in [2.75, 3.05) is 53.2 Å². The van der Waals surface area contributed by atoms with E-state index in [0.29, 0.717) is 110 Å². The van der Waals surface area contributed by atoms with Gasteiger partial charge in [0, 0.05) is 117 Å². The number of unbranched alkanes of at least 4 members (excludes halogenated alkanes) is 8. The monoisotopic (exact) mass is 1040 g/mol. The van der Waals surface area contributed by atoms with Crippen LogP contribution in [0.4, 0.5) is 0 Å². The summed E-state index contributed by atoms with van der Waals surface area (Å²) < 4.78 is 50.7. The topological polar surface area (TPSA) is 256 Å². The Morgan fingerprint density at radius 1 is 0.466 bits per heavy atom. The molecule has 0 spiro atoms. The van der Waals surface area contributed by atoms with Gasteiger partial charge in [-0.25, -0.2) is 0 Å². The quantitative estimate of drug-likeness (QED) is 0.0366. The van der Waals surface area contributed by atoms with E-state index >= 15 is 0 Å². The summed E-state index contributed by atoms with van der Waals surface area (Å²) in [5.74, 6) is -2.52. The Morgan fingerprint density at radius 3 is 1.33 bits per heavy atom. The van der Waals surface area contributed by atoms with Crippen LogP contribution in [-0.2, 0) is 81.0 Å². The second-order valence-corrected chi connectivity index (χ2v) is 19.7. The minimum absolute atomic E-state index is 0.00733. The molecule has 3 amide bonds. The van der Waals surface area contributed by atoms with Crippen molar-refractivity contribution in [2.24, 2.45) is 23.7 Å². The molecule has 2 saturated heterocycles. The lowest BCUT2D eigenvalue weighted by atomic mass is 9.84. The zero-order chi connectivity index (χ0) is 54.1. The predicted molar refractivity (Wildman–Crippen MR) is 268 cm³/mol. The average Bonchev–Trinajstić information content (AvgIpc) is 3.33. The molecular formula is C53H91N3O17. The molecule has 11 atom stereocenters. The first kappa shape index (κ1) is 64.9. The number of hydrogen-bond donors (Lipinski definition) is 3. The first-order chi connectivity index (χ1) is 34.8. The van der Waals surface area contributed by atoms with Crippen LogP contribution in [0.1, 0.15) is 171 Å². The van der Waals surface area contributed by atoms with Crippen molar-refractivity contribution in [3.05, 3.63) is 0 Å². The number of carbonyl (C=O) groups is 8. The maximum absolute atomic E-state index is 13.5. The molecule has 0 aromatic heterocycles. The van der Waals surface area contributed by atoms with Crippen molar-refractivity contribution in [3.63, 3.8) is 0 Å². The number of ketones is 1. The van der Waals surface area contributed by atoms with Crippen molar-refractivity contribution < 1.29 is 81.0 Å². The van der Waals surface area contributed by atoms with Gasteiger partial charge in [0.05, 0.1) is 6.04 Å². The molecule has 20 heteroatoms. The van der Waals surface area contributed by atoms with Crippen LogP contribution in [0, 0.1) is 23.7 Å². The fraction of sp³-hybridized carbons (Fsp3) is 0.849. The van der Waals surface area contributed by atoms with Crippen molar-refractivity contribution in [1.29, 1.82) is 0 Å². The zero-order valence-electron chi connectivity index (χ0n) is 45.5. The molecule has 0 aromatic carbocycles. The SMILES string of the molecule is COCCCNC(=O)CCCCCCC(=O)[C@H](CCCCNC(=O)CCCCCOC1OC(COC(C)=O)C(OC(C)=O)C(C)C1C)NC(=O)CCCCCOC1OC(COC(C)=O)C(OC(C)=O)C(C)C1C. The van der Waals surface area contributed by atoms with Gasteiger partial charge in [-0.15, -0.1) is 0 Å². The van der Waals surface area contributed by atoms with Crippen LogP contribution in [0.15, 0.2) is 0 Å². The molecule has 2 rings (SSSR count). The molecule has 2 fully saturated rings. The lowest BCUT2D eigenvalue weighted by molar-refractivity contribution is -0.273. The Bertz CT molecular complexity index is 1670. The van der Waals surface area contributed by atoms with E-state index in [9.17, 15) is 38.4 Å². The van der Waals surface area contributed by atoms with Gasteiger partial charge >= 0.3 is 23.9 Å². The van der Waals surface area contributed by atoms with Crippen molar-refractivity contribution in [1.82, 2.24) is 16.0 Å². The van der Waals surface area contributed by atoms with Gasteiger partial charge in [-0.3, -0.25) is 38.4 Å². The van der Waals surface area contributed by atoms with Gasteiger partial charge < -0.3 is 58.6 Å². The van der Waals surface area contributed by atoms with E-state index in [2.05, 4.69) is 16.0 Å². The minimum atomic E-state index is -0.673. The maximum Gasteiger partial charge on any atom is 0.303 e. The van der Waals surface area contributed by atoms with Crippen molar-refractivity contribution in [2.45, 2.75) is 214 Å². The Morgan fingerprint density at radius 2 is 0.890 bits per heavy atom. The number of hydrogen-bond acceptors (Lipinski definition) is 17. The number of nitrogens with one attached hydrogen (secondary N) is 3. The summed E-state index contributed by atoms with van der Waals surface area (Å²) in [6, 6.07) is -0.644. The zero-order valence-corrected chi connectivity index (χ0v) is 45.5. The number of amides is 3. The lowest BCUT2D eigenvalue weighted by Crippen LogP contribution is -2.53. The van der Waals surface area contributed by atoms with Crippen LogP contribution in [0.2, 0.25) is 0 Å². The Labute approximate surface area is 434 Å². The third kappa shape index (κ3) is 27.7. The number of Topliss-reactive ketones (excluding diaryl/α,β-unsaturated/α-hetero) is 1. The fourth-order valence-corrected chi connectivity index (χ4v) is 8.86. The van der Waals surface area contributed by atoms with Crippen LogP contribution < -0.4 is 16.0 Å². The van der Waals surface area contributed by atoms with E-state index in [1.54, 1.807) is 7.11 Å². The van der Waals surface area contributed by atoms with Gasteiger partial charge in [-0.05, 0) is 64.2 Å². The summed E-state index contributed by atoms with van der Waals surface area (Å²) in [6.07, 6.45) is 7.21. The standard InChI is InChI=1S/C53H91N3O17/c1-35-37(3)52(72-45(33-68-39(5)57)50(35)70-41(7)59)66-31-20-12-16-26-47(62)54-28-19-18-23-43(44(61)24-14-10-11-15-25-48(63)55-29-22-30-65-9)56-49(64)27-17-13-21-32-67-53-38(4)36(2)51(71-42(8)60)46(73-53)34-69-40(6)58/h35-38,43,45-46,50-53H,10-34H2,1-9H3,(H,54,62)(H,55,63)(H,56,64)/t35?,36?,37?,38?,43-,45?,46?,50?,51?,52?,53?/m0/s1. The summed E-state index contributed by atoms with van der Waals surface area (Å²) in [6.45, 7) is 15.3. The molecule has 0 bridgehead atoms. The summed E-state index contributed by atoms with van der Waals surface area (Å²) >= 11 is 0. The number of esters is 4. The predicted octanol–water partition coefficient (Wildman–Crippen LogP) is 5.96. The van der Waals surface area contributed by atoms with E-state index in [4.69, 9.17) is 42.6 Å². The van der Waals surface area contributed by atoms with E-state index in [1.165, 1.54) is 27.7 Å². The number of methoxy groups -OCH3 is 1. The van der Waals surface area contributed by atoms with Crippen LogP contribution in [0.3, 0.4) is 0 Å². The molecule has 0 saturated carbocycles. The van der Waals surface area contributed by atoms with Crippen molar-refractivity contribution in [3.8, 4) is 0 Å². The average molecular weight is 1040 g/mol. The van der Waals surface area contributed by atoms with E-state index in [0.717, 1.165) is 32.1 Å². The highest BCUT2D eigenvalue weighted by molar-refractivity contribution is 5.89. The summed E-state index contributed by atoms with van der Waals surface area (Å²) in [5, 5.41) is 8.84. The molecule has 2 aliphatic heterocycles. The van der Waals surface area contributed by atoms with Crippen LogP contribution in [-0.4, -0.2) is 144 Å². The first-order valence-corrected chi connectivity index (χ1v) is 26.8. The van der Waals surface area contributed by atoms with Gasteiger partial charge in [0.15, 0.2) is 18.4 Å². The van der Waals surface area contributed by atoms with Crippen LogP contribution >= 0.6 is 0 Å². The summed E-state index contributed by atoms with van der Waals surface area (Å²) in [5.41, 5.74) is 0. The van der Waals surface area contributed by atoms with E-state index in [-0.39, 0.29) is 66.8 Å². The highest BCUT2D eigenvalue weighted by Gasteiger charge is 2.46. The Hall–Kier alpha value is -4.24. The molecular weight excluding hydrogens is 951 g/mol. The van der Waals surface area contributed by atoms with Gasteiger partial charge in [0.1, 0.15) is 37.6 Å². The molecule has 0 aromatic rings. The van der Waals surface area contributed by atoms with Gasteiger partial charge in [-0.1, -0.05) is 53.4 Å². The highest BCUT2D eigenvalue weighted by Crippen LogP contribution is 2.35. The number of rotatable bonds is 38. The highest BCUT2D eigenvalue weighted by atomic mass is 16.7. The molecule has 2 heterocycles. The molecule has 420 valence electrons. The van der Waals surface area contributed by atoms with Crippen molar-refractivity contribution >= 4 is 47.4 Å². The third-order valence-corrected chi connectivity index (χ3v) is 13.5. The van der Waals surface area contributed by atoms with Crippen LogP contribution in [0.25, 0.3) is 0 Å². The first-order valence-electron chi connectivity index (χ1n) is 26.8. The summed E-state index contributed by atoms with van der Waals surface area (Å²) in [4.78, 5) is 97.9. The van der Waals surface area contributed by atoms with Gasteiger partial charge in [0.2, 0.25) is 17.7 Å². The summed E-state index contributed by atoms with van der Waals surface area (Å²) in [7, 11) is 1.62. The molecule has 0 aliphatic carbocycles. The molecule has 10 unspecified atom stereocenters. The van der Waals surface area contributed by atoms with Gasteiger partial charge in [0.25, 0.3) is 0 Å². The lowest BCUT2D eigenvalue weighted by Gasteiger charge is -2.43. The van der Waals surface area contributed by atoms with Crippen LogP contribution in [0.5, 0.6) is 0 Å². The van der Waals surface area contributed by atoms with Gasteiger partial charge in [-0.2, -0.15) is 0 Å². The maximum atomic E-state index is 13.5. The third-order valence-electron chi connectivity index (χ3n) is 13.5. The molecule has 73 heavy (non-hydrogen) atoms. The smallest absolute Gasteiger partial charge is 0.303 e. The molecule has 3 N–H and O–H groups in total. The molecule has 0 radical (unpaired) electrons. The number of carbonyl (C=O) groups excluding carboxylic acids is 8. The fourth-order valence-electron chi connectivity index (χ4n) is 8.86. The van der Waals surface area contributed by atoms with E-state index < -0.39 is 66.9 Å². The Balaban J connectivity index is 1.78. The minimum Gasteiger partial charge on any atom is -0.463 e. The second kappa shape index (κ2) is 37.5. The Kier molecular flexibility index (Phi) is 33.3. The molecule has 20 nitrogen and oxygen atoms in total. The van der Waals surface area contributed by atoms with E-state index in [1.807, 2.05) is 27.7 Å². The second-order valence-electron chi connectivity index (χ2n) is 19.7. The normalized spacial score (nSPS) is 24.1.